The van der Waals surface area contributed by atoms with E-state index in [-0.39, 0.29) is 6.10 Å². The van der Waals surface area contributed by atoms with Crippen LogP contribution in [0.25, 0.3) is 0 Å². The monoisotopic (exact) mass is 305 g/mol. The second kappa shape index (κ2) is 6.94. The maximum Gasteiger partial charge on any atom is 0.158 e. The van der Waals surface area contributed by atoms with Crippen molar-refractivity contribution in [3.05, 3.63) is 65.2 Å². The molecular weight excluding hydrogens is 286 g/mol. The summed E-state index contributed by atoms with van der Waals surface area (Å²) < 4.78 is 11.8. The van der Waals surface area contributed by atoms with Gasteiger partial charge < -0.3 is 15.2 Å². The molecular formula is C17H20ClNO2. The average Bonchev–Trinajstić information content (AvgIpc) is 2.52. The van der Waals surface area contributed by atoms with Gasteiger partial charge in [0.25, 0.3) is 0 Å². The Morgan fingerprint density at radius 2 is 1.71 bits per heavy atom. The van der Waals surface area contributed by atoms with E-state index in [2.05, 4.69) is 0 Å². The van der Waals surface area contributed by atoms with Crippen molar-refractivity contribution < 1.29 is 9.47 Å². The lowest BCUT2D eigenvalue weighted by Crippen LogP contribution is -2.47. The third-order valence-electron chi connectivity index (χ3n) is 3.62. The molecule has 2 N–H and O–H groups in total. The first-order chi connectivity index (χ1) is 10.1. The molecule has 0 aliphatic rings. The highest BCUT2D eigenvalue weighted by molar-refractivity contribution is 6.32. The van der Waals surface area contributed by atoms with E-state index < -0.39 is 5.60 Å². The Kier molecular flexibility index (Phi) is 5.23. The summed E-state index contributed by atoms with van der Waals surface area (Å²) >= 11 is 6.21. The van der Waals surface area contributed by atoms with Crippen molar-refractivity contribution in [1.29, 1.82) is 0 Å². The third-order valence-corrected chi connectivity index (χ3v) is 3.93. The predicted octanol–water partition coefficient (Wildman–Crippen LogP) is 3.61. The van der Waals surface area contributed by atoms with Crippen LogP contribution in [0.2, 0.25) is 5.02 Å². The van der Waals surface area contributed by atoms with Gasteiger partial charge >= 0.3 is 0 Å². The maximum atomic E-state index is 6.23. The molecule has 0 aliphatic carbocycles. The number of benzene rings is 2. The number of ether oxygens (including phenoxy) is 2. The smallest absolute Gasteiger partial charge is 0.158 e. The summed E-state index contributed by atoms with van der Waals surface area (Å²) in [5, 5.41) is 0.562. The normalized spacial score (nSPS) is 15.2. The molecule has 0 amide bonds. The first kappa shape index (κ1) is 15.8. The third kappa shape index (κ3) is 3.38. The Labute approximate surface area is 130 Å². The molecule has 2 aromatic rings. The zero-order valence-electron chi connectivity index (χ0n) is 12.3. The molecule has 0 heterocycles. The zero-order valence-corrected chi connectivity index (χ0v) is 13.0. The van der Waals surface area contributed by atoms with Gasteiger partial charge in [-0.1, -0.05) is 54.1 Å². The van der Waals surface area contributed by atoms with Gasteiger partial charge in [-0.25, -0.2) is 0 Å². The van der Waals surface area contributed by atoms with Crippen LogP contribution in [0, 0.1) is 0 Å². The fourth-order valence-corrected chi connectivity index (χ4v) is 2.56. The van der Waals surface area contributed by atoms with E-state index in [0.29, 0.717) is 17.3 Å². The number of hydrogen-bond acceptors (Lipinski definition) is 3. The number of methoxy groups -OCH3 is 1. The Bertz CT molecular complexity index is 572. The Hall–Kier alpha value is -1.55. The molecule has 0 fully saturated rings. The Morgan fingerprint density at radius 3 is 2.29 bits per heavy atom. The maximum absolute atomic E-state index is 6.23. The van der Waals surface area contributed by atoms with Gasteiger partial charge in [0.2, 0.25) is 0 Å². The first-order valence-electron chi connectivity index (χ1n) is 6.83. The van der Waals surface area contributed by atoms with E-state index in [0.717, 1.165) is 5.56 Å². The van der Waals surface area contributed by atoms with Crippen molar-refractivity contribution in [2.24, 2.45) is 5.73 Å². The lowest BCUT2D eigenvalue weighted by atomic mass is 9.89. The van der Waals surface area contributed by atoms with E-state index in [1.807, 2.05) is 55.5 Å². The van der Waals surface area contributed by atoms with Crippen LogP contribution in [-0.2, 0) is 10.3 Å². The summed E-state index contributed by atoms with van der Waals surface area (Å²) in [4.78, 5) is 0. The Balaban J connectivity index is 2.44. The van der Waals surface area contributed by atoms with Crippen molar-refractivity contribution in [2.45, 2.75) is 18.6 Å². The highest BCUT2D eigenvalue weighted by atomic mass is 35.5. The topological polar surface area (TPSA) is 44.5 Å². The fraction of sp³-hybridized carbons (Fsp3) is 0.294. The molecule has 2 rings (SSSR count). The summed E-state index contributed by atoms with van der Waals surface area (Å²) in [6.07, 6.45) is -0.295. The molecule has 0 aromatic heterocycles. The molecule has 0 spiro atoms. The van der Waals surface area contributed by atoms with Gasteiger partial charge in [0.15, 0.2) is 5.60 Å². The minimum absolute atomic E-state index is 0.295. The number of nitrogens with two attached hydrogens (primary N) is 1. The molecule has 2 unspecified atom stereocenters. The SMILES string of the molecule is COC(CN)C(C)(Oc1ccccc1Cl)c1ccccc1. The van der Waals surface area contributed by atoms with Crippen LogP contribution in [0.1, 0.15) is 12.5 Å². The lowest BCUT2D eigenvalue weighted by molar-refractivity contribution is -0.0636. The number of hydrogen-bond donors (Lipinski definition) is 1. The molecule has 21 heavy (non-hydrogen) atoms. The van der Waals surface area contributed by atoms with Crippen molar-refractivity contribution in [3.8, 4) is 5.75 Å². The molecule has 4 heteroatoms. The average molecular weight is 306 g/mol. The van der Waals surface area contributed by atoms with Crippen LogP contribution in [0.4, 0.5) is 0 Å². The van der Waals surface area contributed by atoms with Crippen LogP contribution in [0.15, 0.2) is 54.6 Å². The van der Waals surface area contributed by atoms with Gasteiger partial charge in [-0.15, -0.1) is 0 Å². The number of rotatable bonds is 6. The van der Waals surface area contributed by atoms with Crippen molar-refractivity contribution >= 4 is 11.6 Å². The van der Waals surface area contributed by atoms with Gasteiger partial charge in [-0.05, 0) is 24.6 Å². The largest absolute Gasteiger partial charge is 0.479 e. The second-order valence-electron chi connectivity index (χ2n) is 4.97. The van der Waals surface area contributed by atoms with E-state index >= 15 is 0 Å². The summed E-state index contributed by atoms with van der Waals surface area (Å²) in [6.45, 7) is 2.30. The molecule has 2 aromatic carbocycles. The number of halogens is 1. The van der Waals surface area contributed by atoms with Crippen LogP contribution >= 0.6 is 11.6 Å². The zero-order chi connectivity index (χ0) is 15.3. The van der Waals surface area contributed by atoms with Crippen LogP contribution in [0.5, 0.6) is 5.75 Å². The summed E-state index contributed by atoms with van der Waals surface area (Å²) in [5.74, 6) is 0.612. The molecule has 112 valence electrons. The molecule has 2 atom stereocenters. The lowest BCUT2D eigenvalue weighted by Gasteiger charge is -2.37. The van der Waals surface area contributed by atoms with Gasteiger partial charge in [-0.3, -0.25) is 0 Å². The summed E-state index contributed by atoms with van der Waals surface area (Å²) in [5.41, 5.74) is 6.12. The van der Waals surface area contributed by atoms with Crippen molar-refractivity contribution in [1.82, 2.24) is 0 Å². The van der Waals surface area contributed by atoms with Crippen molar-refractivity contribution in [3.63, 3.8) is 0 Å². The van der Waals surface area contributed by atoms with Gasteiger partial charge in [0.1, 0.15) is 11.9 Å². The van der Waals surface area contributed by atoms with E-state index in [1.165, 1.54) is 0 Å². The Morgan fingerprint density at radius 1 is 1.10 bits per heavy atom. The molecule has 0 bridgehead atoms. The van der Waals surface area contributed by atoms with Gasteiger partial charge in [-0.2, -0.15) is 0 Å². The minimum Gasteiger partial charge on any atom is -0.479 e. The first-order valence-corrected chi connectivity index (χ1v) is 7.21. The van der Waals surface area contributed by atoms with Crippen LogP contribution in [0.3, 0.4) is 0 Å². The van der Waals surface area contributed by atoms with Crippen molar-refractivity contribution in [2.75, 3.05) is 13.7 Å². The molecule has 0 radical (unpaired) electrons. The quantitative estimate of drug-likeness (QED) is 0.886. The van der Waals surface area contributed by atoms with Gasteiger partial charge in [0.05, 0.1) is 5.02 Å². The van der Waals surface area contributed by atoms with E-state index in [9.17, 15) is 0 Å². The highest BCUT2D eigenvalue weighted by Crippen LogP contribution is 2.35. The minimum atomic E-state index is -0.726. The molecule has 0 saturated heterocycles. The second-order valence-corrected chi connectivity index (χ2v) is 5.37. The molecule has 0 saturated carbocycles. The van der Waals surface area contributed by atoms with Gasteiger partial charge in [0, 0.05) is 13.7 Å². The van der Waals surface area contributed by atoms with Crippen LogP contribution < -0.4 is 10.5 Å². The van der Waals surface area contributed by atoms with E-state index in [4.69, 9.17) is 26.8 Å². The molecule has 3 nitrogen and oxygen atoms in total. The standard InChI is InChI=1S/C17H20ClNO2/c1-17(16(12-19)20-2,13-8-4-3-5-9-13)21-15-11-7-6-10-14(15)18/h3-11,16H,12,19H2,1-2H3. The van der Waals surface area contributed by atoms with E-state index in [1.54, 1.807) is 13.2 Å². The summed E-state index contributed by atoms with van der Waals surface area (Å²) in [6, 6.07) is 17.3. The summed E-state index contributed by atoms with van der Waals surface area (Å²) in [7, 11) is 1.63. The van der Waals surface area contributed by atoms with Crippen LogP contribution in [-0.4, -0.2) is 19.8 Å². The highest BCUT2D eigenvalue weighted by Gasteiger charge is 2.38. The number of para-hydroxylation sites is 1. The fourth-order valence-electron chi connectivity index (χ4n) is 2.38. The predicted molar refractivity (Wildman–Crippen MR) is 85.7 cm³/mol. The molecule has 0 aliphatic heterocycles.